The molecular formula is C30H36F2N6O2. The number of hydrogen-bond acceptors (Lipinski definition) is 7. The van der Waals surface area contributed by atoms with Gasteiger partial charge in [0.05, 0.1) is 43.3 Å². The van der Waals surface area contributed by atoms with Crippen molar-refractivity contribution in [2.24, 2.45) is 13.0 Å². The van der Waals surface area contributed by atoms with Crippen LogP contribution < -0.4 is 14.4 Å². The monoisotopic (exact) mass is 550 g/mol. The molecule has 0 radical (unpaired) electrons. The second kappa shape index (κ2) is 11.8. The fourth-order valence-electron chi connectivity index (χ4n) is 5.33. The molecule has 0 amide bonds. The molecule has 0 saturated carbocycles. The predicted octanol–water partition coefficient (Wildman–Crippen LogP) is 5.94. The summed E-state index contributed by atoms with van der Waals surface area (Å²) in [4.78, 5) is 14.0. The molecule has 1 saturated heterocycles. The average molecular weight is 551 g/mol. The standard InChI is InChI=1S/C30H36F2N6O2/c1-30(31,32)22-8-12-37(13-9-22)10-5-11-38(24-14-25(39-3)17-26(15-24)40-4)23-6-7-27-28(16-23)35-29(19-33-27)21-18-34-36(2)20-21/h6-7,14-20,22H,5,8-13H2,1-4H3. The van der Waals surface area contributed by atoms with Crippen LogP contribution in [0.2, 0.25) is 0 Å². The van der Waals surface area contributed by atoms with Crippen LogP contribution in [0.4, 0.5) is 20.2 Å². The largest absolute Gasteiger partial charge is 0.497 e. The third kappa shape index (κ3) is 6.33. The van der Waals surface area contributed by atoms with Crippen molar-refractivity contribution in [1.29, 1.82) is 0 Å². The molecular weight excluding hydrogens is 514 g/mol. The second-order valence-corrected chi connectivity index (χ2v) is 10.5. The summed E-state index contributed by atoms with van der Waals surface area (Å²) >= 11 is 0. The summed E-state index contributed by atoms with van der Waals surface area (Å²) in [6, 6.07) is 11.9. The quantitative estimate of drug-likeness (QED) is 0.242. The number of benzene rings is 2. The zero-order chi connectivity index (χ0) is 28.3. The highest BCUT2D eigenvalue weighted by Gasteiger charge is 2.36. The van der Waals surface area contributed by atoms with E-state index in [1.807, 2.05) is 49.6 Å². The Labute approximate surface area is 233 Å². The normalized spacial score (nSPS) is 14.9. The first-order valence-corrected chi connectivity index (χ1v) is 13.6. The van der Waals surface area contributed by atoms with Crippen LogP contribution in [0.1, 0.15) is 26.2 Å². The van der Waals surface area contributed by atoms with Gasteiger partial charge in [-0.25, -0.2) is 13.8 Å². The second-order valence-electron chi connectivity index (χ2n) is 10.5. The number of rotatable bonds is 10. The summed E-state index contributed by atoms with van der Waals surface area (Å²) in [5, 5.41) is 4.26. The van der Waals surface area contributed by atoms with E-state index in [1.54, 1.807) is 31.3 Å². The van der Waals surface area contributed by atoms with E-state index in [0.717, 1.165) is 53.6 Å². The molecule has 2 aromatic heterocycles. The number of halogens is 2. The number of methoxy groups -OCH3 is 2. The molecule has 40 heavy (non-hydrogen) atoms. The molecule has 8 nitrogen and oxygen atoms in total. The molecule has 212 valence electrons. The van der Waals surface area contributed by atoms with Crippen LogP contribution >= 0.6 is 0 Å². The molecule has 0 N–H and O–H groups in total. The van der Waals surface area contributed by atoms with E-state index < -0.39 is 11.8 Å². The zero-order valence-corrected chi connectivity index (χ0v) is 23.5. The van der Waals surface area contributed by atoms with Crippen LogP contribution in [-0.2, 0) is 7.05 Å². The number of nitrogens with zero attached hydrogens (tertiary/aromatic N) is 6. The van der Waals surface area contributed by atoms with E-state index in [4.69, 9.17) is 14.5 Å². The van der Waals surface area contributed by atoms with E-state index in [-0.39, 0.29) is 0 Å². The molecule has 1 aliphatic rings. The Kier molecular flexibility index (Phi) is 8.16. The highest BCUT2D eigenvalue weighted by molar-refractivity contribution is 5.82. The summed E-state index contributed by atoms with van der Waals surface area (Å²) in [5.41, 5.74) is 5.13. The van der Waals surface area contributed by atoms with Gasteiger partial charge in [0.25, 0.3) is 0 Å². The van der Waals surface area contributed by atoms with E-state index in [1.165, 1.54) is 0 Å². The Bertz CT molecular complexity index is 1420. The maximum absolute atomic E-state index is 13.8. The van der Waals surface area contributed by atoms with Gasteiger partial charge in [-0.05, 0) is 64.0 Å². The molecule has 10 heteroatoms. The van der Waals surface area contributed by atoms with Gasteiger partial charge >= 0.3 is 0 Å². The molecule has 0 spiro atoms. The van der Waals surface area contributed by atoms with Crippen molar-refractivity contribution in [3.05, 3.63) is 55.0 Å². The van der Waals surface area contributed by atoms with E-state index >= 15 is 0 Å². The van der Waals surface area contributed by atoms with E-state index in [2.05, 4.69) is 19.9 Å². The number of fused-ring (bicyclic) bond motifs is 1. The predicted molar refractivity (Wildman–Crippen MR) is 153 cm³/mol. The highest BCUT2D eigenvalue weighted by Crippen LogP contribution is 2.35. The summed E-state index contributed by atoms with van der Waals surface area (Å²) in [6.45, 7) is 3.98. The van der Waals surface area contributed by atoms with Gasteiger partial charge in [0.15, 0.2) is 0 Å². The Balaban J connectivity index is 1.41. The van der Waals surface area contributed by atoms with Crippen LogP contribution in [0.25, 0.3) is 22.3 Å². The minimum atomic E-state index is -2.61. The van der Waals surface area contributed by atoms with Gasteiger partial charge in [0.2, 0.25) is 5.92 Å². The van der Waals surface area contributed by atoms with Gasteiger partial charge in [0.1, 0.15) is 11.5 Å². The van der Waals surface area contributed by atoms with Gasteiger partial charge < -0.3 is 19.3 Å². The van der Waals surface area contributed by atoms with Crippen LogP contribution in [0.15, 0.2) is 55.0 Å². The molecule has 2 aromatic carbocycles. The molecule has 4 aromatic rings. The van der Waals surface area contributed by atoms with Gasteiger partial charge in [-0.2, -0.15) is 5.10 Å². The Morgan fingerprint density at radius 2 is 1.70 bits per heavy atom. The van der Waals surface area contributed by atoms with Gasteiger partial charge in [-0.15, -0.1) is 0 Å². The molecule has 5 rings (SSSR count). The first-order chi connectivity index (χ1) is 19.2. The Morgan fingerprint density at radius 1 is 0.975 bits per heavy atom. The number of anilines is 2. The van der Waals surface area contributed by atoms with Crippen LogP contribution in [0.3, 0.4) is 0 Å². The molecule has 0 atom stereocenters. The van der Waals surface area contributed by atoms with Crippen LogP contribution in [-0.4, -0.2) is 71.0 Å². The molecule has 0 unspecified atom stereocenters. The third-order valence-corrected chi connectivity index (χ3v) is 7.65. The number of alkyl halides is 2. The molecule has 1 aliphatic heterocycles. The highest BCUT2D eigenvalue weighted by atomic mass is 19.3. The Morgan fingerprint density at radius 3 is 2.33 bits per heavy atom. The van der Waals surface area contributed by atoms with Crippen molar-refractivity contribution in [2.45, 2.75) is 32.1 Å². The zero-order valence-electron chi connectivity index (χ0n) is 23.5. The lowest BCUT2D eigenvalue weighted by atomic mass is 9.91. The van der Waals surface area contributed by atoms with Crippen molar-refractivity contribution in [3.8, 4) is 22.8 Å². The number of piperidine rings is 1. The molecule has 1 fully saturated rings. The first kappa shape index (κ1) is 27.8. The topological polar surface area (TPSA) is 68.5 Å². The maximum Gasteiger partial charge on any atom is 0.248 e. The number of hydrogen-bond donors (Lipinski definition) is 0. The van der Waals surface area contributed by atoms with Gasteiger partial charge in [0, 0.05) is 60.8 Å². The maximum atomic E-state index is 13.8. The lowest BCUT2D eigenvalue weighted by Gasteiger charge is -2.35. The smallest absolute Gasteiger partial charge is 0.248 e. The SMILES string of the molecule is COc1cc(OC)cc(N(CCCN2CCC(C(C)(F)F)CC2)c2ccc3ncc(-c4cnn(C)c4)nc3c2)c1. The van der Waals surface area contributed by atoms with Crippen LogP contribution in [0, 0.1) is 5.92 Å². The summed E-state index contributed by atoms with van der Waals surface area (Å²) in [6.07, 6.45) is 7.37. The summed E-state index contributed by atoms with van der Waals surface area (Å²) in [5.74, 6) is -1.74. The van der Waals surface area contributed by atoms with E-state index in [0.29, 0.717) is 44.0 Å². The minimum Gasteiger partial charge on any atom is -0.497 e. The summed E-state index contributed by atoms with van der Waals surface area (Å²) in [7, 11) is 5.15. The van der Waals surface area contributed by atoms with Crippen molar-refractivity contribution < 1.29 is 18.3 Å². The third-order valence-electron chi connectivity index (χ3n) is 7.65. The fourth-order valence-corrected chi connectivity index (χ4v) is 5.33. The fraction of sp³-hybridized carbons (Fsp3) is 0.433. The number of aryl methyl sites for hydroxylation is 1. The Hall–Kier alpha value is -3.79. The number of ether oxygens (including phenoxy) is 2. The van der Waals surface area contributed by atoms with Crippen molar-refractivity contribution in [2.75, 3.05) is 45.3 Å². The lowest BCUT2D eigenvalue weighted by Crippen LogP contribution is -2.40. The molecule has 3 heterocycles. The van der Waals surface area contributed by atoms with Crippen molar-refractivity contribution >= 4 is 22.4 Å². The number of likely N-dealkylation sites (tertiary alicyclic amines) is 1. The first-order valence-electron chi connectivity index (χ1n) is 13.6. The van der Waals surface area contributed by atoms with Crippen LogP contribution in [0.5, 0.6) is 11.5 Å². The van der Waals surface area contributed by atoms with Crippen molar-refractivity contribution in [1.82, 2.24) is 24.6 Å². The summed E-state index contributed by atoms with van der Waals surface area (Å²) < 4.78 is 40.4. The lowest BCUT2D eigenvalue weighted by molar-refractivity contribution is -0.0619. The number of aromatic nitrogens is 4. The molecule has 0 bridgehead atoms. The van der Waals surface area contributed by atoms with Crippen molar-refractivity contribution in [3.63, 3.8) is 0 Å². The molecule has 0 aliphatic carbocycles. The van der Waals surface area contributed by atoms with Gasteiger partial charge in [-0.3, -0.25) is 9.67 Å². The minimum absolute atomic E-state index is 0.528. The average Bonchev–Trinajstić information content (AvgIpc) is 3.40. The van der Waals surface area contributed by atoms with E-state index in [9.17, 15) is 8.78 Å². The van der Waals surface area contributed by atoms with Gasteiger partial charge in [-0.1, -0.05) is 0 Å².